The number of alkyl halides is 2. The second-order valence-corrected chi connectivity index (χ2v) is 6.67. The number of carbonyl (C=O) groups is 1. The lowest BCUT2D eigenvalue weighted by Gasteiger charge is -2.09. The Morgan fingerprint density at radius 2 is 1.96 bits per heavy atom. The van der Waals surface area contributed by atoms with Crippen LogP contribution in [-0.4, -0.2) is 18.3 Å². The Bertz CT molecular complexity index is 686. The summed E-state index contributed by atoms with van der Waals surface area (Å²) in [6.45, 7) is -0.187. The van der Waals surface area contributed by atoms with Gasteiger partial charge in [0, 0.05) is 15.6 Å². The maximum Gasteiger partial charge on any atom is 0.288 e. The van der Waals surface area contributed by atoms with E-state index in [9.17, 15) is 13.6 Å². The van der Waals surface area contributed by atoms with Crippen molar-refractivity contribution in [1.82, 2.24) is 0 Å². The summed E-state index contributed by atoms with van der Waals surface area (Å²) in [4.78, 5) is 12.3. The molecular formula is C15H11BrClF2NO2S. The van der Waals surface area contributed by atoms with Gasteiger partial charge in [0.15, 0.2) is 6.61 Å². The minimum Gasteiger partial charge on any atom is -0.483 e. The molecule has 0 saturated heterocycles. The van der Waals surface area contributed by atoms with Gasteiger partial charge in [-0.1, -0.05) is 23.4 Å². The number of benzene rings is 2. The summed E-state index contributed by atoms with van der Waals surface area (Å²) in [6, 6.07) is 11.1. The minimum absolute atomic E-state index is 0.187. The molecule has 8 heteroatoms. The van der Waals surface area contributed by atoms with Crippen LogP contribution in [0.3, 0.4) is 0 Å². The van der Waals surface area contributed by atoms with Crippen molar-refractivity contribution in [3.63, 3.8) is 0 Å². The molecule has 2 rings (SSSR count). The van der Waals surface area contributed by atoms with Crippen LogP contribution >= 0.6 is 39.3 Å². The number of carbonyl (C=O) groups excluding carboxylic acids is 1. The fourth-order valence-electron chi connectivity index (χ4n) is 1.65. The quantitative estimate of drug-likeness (QED) is 0.630. The first-order valence-electron chi connectivity index (χ1n) is 6.36. The van der Waals surface area contributed by atoms with Crippen molar-refractivity contribution in [2.45, 2.75) is 10.7 Å². The molecule has 0 fully saturated rings. The zero-order valence-corrected chi connectivity index (χ0v) is 14.7. The molecule has 0 aliphatic carbocycles. The topological polar surface area (TPSA) is 38.3 Å². The van der Waals surface area contributed by atoms with Gasteiger partial charge in [-0.3, -0.25) is 4.79 Å². The van der Waals surface area contributed by atoms with Gasteiger partial charge in [-0.05, 0) is 58.4 Å². The largest absolute Gasteiger partial charge is 0.483 e. The molecule has 0 unspecified atom stereocenters. The average molecular weight is 423 g/mol. The SMILES string of the molecule is O=C(COc1ccc(Cl)cc1Br)Nc1ccc(SC(F)F)cc1. The van der Waals surface area contributed by atoms with E-state index >= 15 is 0 Å². The number of thioether (sulfide) groups is 1. The van der Waals surface area contributed by atoms with Crippen molar-refractivity contribution < 1.29 is 18.3 Å². The molecule has 0 saturated carbocycles. The fourth-order valence-corrected chi connectivity index (χ4v) is 2.95. The highest BCUT2D eigenvalue weighted by molar-refractivity contribution is 9.10. The minimum atomic E-state index is -2.47. The average Bonchev–Trinajstić information content (AvgIpc) is 2.48. The van der Waals surface area contributed by atoms with Gasteiger partial charge in [0.2, 0.25) is 0 Å². The molecule has 122 valence electrons. The summed E-state index contributed by atoms with van der Waals surface area (Å²) in [5, 5.41) is 3.17. The first-order chi connectivity index (χ1) is 10.9. The maximum atomic E-state index is 12.2. The smallest absolute Gasteiger partial charge is 0.288 e. The van der Waals surface area contributed by atoms with E-state index in [1.165, 1.54) is 12.1 Å². The molecular weight excluding hydrogens is 412 g/mol. The van der Waals surface area contributed by atoms with Crippen LogP contribution in [-0.2, 0) is 4.79 Å². The molecule has 0 bridgehead atoms. The lowest BCUT2D eigenvalue weighted by Crippen LogP contribution is -2.20. The van der Waals surface area contributed by atoms with E-state index in [4.69, 9.17) is 16.3 Å². The number of hydrogen-bond acceptors (Lipinski definition) is 3. The molecule has 0 spiro atoms. The predicted molar refractivity (Wildman–Crippen MR) is 91.6 cm³/mol. The summed E-state index contributed by atoms with van der Waals surface area (Å²) < 4.78 is 30.5. The number of nitrogens with one attached hydrogen (secondary N) is 1. The maximum absolute atomic E-state index is 12.2. The summed E-state index contributed by atoms with van der Waals surface area (Å²) in [5.41, 5.74) is 0.507. The van der Waals surface area contributed by atoms with Gasteiger partial charge in [0.05, 0.1) is 4.47 Å². The van der Waals surface area contributed by atoms with Gasteiger partial charge in [-0.25, -0.2) is 0 Å². The second-order valence-electron chi connectivity index (χ2n) is 4.31. The molecule has 0 aliphatic rings. The molecule has 0 heterocycles. The van der Waals surface area contributed by atoms with Crippen LogP contribution in [0.2, 0.25) is 5.02 Å². The third kappa shape index (κ3) is 6.01. The van der Waals surface area contributed by atoms with Crippen LogP contribution in [0, 0.1) is 0 Å². The van der Waals surface area contributed by atoms with Gasteiger partial charge < -0.3 is 10.1 Å². The van der Waals surface area contributed by atoms with Gasteiger partial charge in [0.1, 0.15) is 5.75 Å². The third-order valence-corrected chi connectivity index (χ3v) is 4.19. The molecule has 1 N–H and O–H groups in total. The van der Waals surface area contributed by atoms with E-state index < -0.39 is 5.76 Å². The van der Waals surface area contributed by atoms with Gasteiger partial charge in [-0.15, -0.1) is 0 Å². The van der Waals surface area contributed by atoms with Crippen LogP contribution in [0.25, 0.3) is 0 Å². The summed E-state index contributed by atoms with van der Waals surface area (Å²) in [7, 11) is 0. The van der Waals surface area contributed by atoms with Gasteiger partial charge >= 0.3 is 0 Å². The Balaban J connectivity index is 1.87. The lowest BCUT2D eigenvalue weighted by molar-refractivity contribution is -0.118. The summed E-state index contributed by atoms with van der Waals surface area (Å²) in [6.07, 6.45) is 0. The molecule has 23 heavy (non-hydrogen) atoms. The van der Waals surface area contributed by atoms with Crippen molar-refractivity contribution in [2.24, 2.45) is 0 Å². The van der Waals surface area contributed by atoms with Crippen LogP contribution in [0.4, 0.5) is 14.5 Å². The van der Waals surface area contributed by atoms with Crippen LogP contribution in [0.1, 0.15) is 0 Å². The molecule has 1 amide bonds. The first-order valence-corrected chi connectivity index (χ1v) is 8.41. The number of amides is 1. The molecule has 0 atom stereocenters. The normalized spacial score (nSPS) is 10.7. The second kappa shape index (κ2) is 8.52. The van der Waals surface area contributed by atoms with Crippen molar-refractivity contribution in [3.8, 4) is 5.75 Å². The van der Waals surface area contributed by atoms with E-state index in [0.717, 1.165) is 0 Å². The molecule has 0 radical (unpaired) electrons. The zero-order valence-electron chi connectivity index (χ0n) is 11.6. The Hall–Kier alpha value is -1.31. The highest BCUT2D eigenvalue weighted by Crippen LogP contribution is 2.28. The lowest BCUT2D eigenvalue weighted by atomic mass is 10.3. The number of ether oxygens (including phenoxy) is 1. The molecule has 0 aliphatic heterocycles. The van der Waals surface area contributed by atoms with Crippen molar-refractivity contribution >= 4 is 50.9 Å². The zero-order chi connectivity index (χ0) is 16.8. The highest BCUT2D eigenvalue weighted by Gasteiger charge is 2.08. The standard InChI is InChI=1S/C15H11BrClF2NO2S/c16-12-7-9(17)1-6-13(12)22-8-14(21)20-10-2-4-11(5-3-10)23-15(18)19/h1-7,15H,8H2,(H,20,21). The van der Waals surface area contributed by atoms with Crippen LogP contribution in [0.5, 0.6) is 5.75 Å². The Morgan fingerprint density at radius 1 is 1.26 bits per heavy atom. The van der Waals surface area contributed by atoms with Crippen LogP contribution in [0.15, 0.2) is 51.8 Å². The van der Waals surface area contributed by atoms with E-state index in [1.54, 1.807) is 30.3 Å². The van der Waals surface area contributed by atoms with Crippen molar-refractivity contribution in [2.75, 3.05) is 11.9 Å². The van der Waals surface area contributed by atoms with Crippen molar-refractivity contribution in [1.29, 1.82) is 0 Å². The first kappa shape index (κ1) is 18.0. The number of hydrogen-bond donors (Lipinski definition) is 1. The van der Waals surface area contributed by atoms with Gasteiger partial charge in [0.25, 0.3) is 11.7 Å². The molecule has 2 aromatic carbocycles. The monoisotopic (exact) mass is 421 g/mol. The highest BCUT2D eigenvalue weighted by atomic mass is 79.9. The Labute approximate surface area is 149 Å². The number of halogens is 4. The van der Waals surface area contributed by atoms with E-state index in [2.05, 4.69) is 21.2 Å². The Kier molecular flexibility index (Phi) is 6.68. The Morgan fingerprint density at radius 3 is 2.57 bits per heavy atom. The molecule has 3 nitrogen and oxygen atoms in total. The summed E-state index contributed by atoms with van der Waals surface area (Å²) >= 11 is 9.55. The molecule has 0 aromatic heterocycles. The fraction of sp³-hybridized carbons (Fsp3) is 0.133. The van der Waals surface area contributed by atoms with E-state index in [1.807, 2.05) is 0 Å². The predicted octanol–water partition coefficient (Wildman–Crippen LogP) is 5.43. The van der Waals surface area contributed by atoms with Crippen LogP contribution < -0.4 is 10.1 Å². The molecule has 2 aromatic rings. The van der Waals surface area contributed by atoms with Crippen molar-refractivity contribution in [3.05, 3.63) is 52.0 Å². The third-order valence-electron chi connectivity index (χ3n) is 2.62. The number of anilines is 1. The van der Waals surface area contributed by atoms with E-state index in [-0.39, 0.29) is 12.5 Å². The summed E-state index contributed by atoms with van der Waals surface area (Å²) in [5.74, 6) is -2.34. The van der Waals surface area contributed by atoms with E-state index in [0.29, 0.717) is 37.6 Å². The van der Waals surface area contributed by atoms with Gasteiger partial charge in [-0.2, -0.15) is 8.78 Å². The number of rotatable bonds is 6.